The molecular weight excluding hydrogens is 464 g/mol. The smallest absolute Gasteiger partial charge is 0.282 e. The summed E-state index contributed by atoms with van der Waals surface area (Å²) in [4.78, 5) is 12.0. The predicted octanol–water partition coefficient (Wildman–Crippen LogP) is 7.79. The molecule has 5 atom stereocenters. The third-order valence-corrected chi connectivity index (χ3v) is 9.32. The van der Waals surface area contributed by atoms with E-state index in [4.69, 9.17) is 11.6 Å². The molecule has 1 N–H and O–H groups in total. The molecule has 1 heterocycles. The zero-order chi connectivity index (χ0) is 23.2. The molecule has 0 radical (unpaired) electrons. The van der Waals surface area contributed by atoms with Crippen LogP contribution in [0.25, 0.3) is 10.8 Å². The van der Waals surface area contributed by atoms with Crippen molar-refractivity contribution in [3.8, 4) is 0 Å². The highest BCUT2D eigenvalue weighted by Crippen LogP contribution is 2.59. The molecule has 1 aliphatic carbocycles. The van der Waals surface area contributed by atoms with Gasteiger partial charge in [0.1, 0.15) is 0 Å². The number of nitrogens with one attached hydrogen (secondary N) is 1. The quantitative estimate of drug-likeness (QED) is 0.182. The van der Waals surface area contributed by atoms with Crippen LogP contribution in [0.1, 0.15) is 29.5 Å². The average Bonchev–Trinajstić information content (AvgIpc) is 3.19. The summed E-state index contributed by atoms with van der Waals surface area (Å²) in [5.41, 5.74) is 3.81. The number of nitro benzene ring substituents is 1. The number of hydrogen-bond donors (Lipinski definition) is 1. The van der Waals surface area contributed by atoms with E-state index in [1.165, 1.54) is 21.9 Å². The second kappa shape index (κ2) is 8.64. The summed E-state index contributed by atoms with van der Waals surface area (Å²) in [6, 6.07) is 30.5. The number of fused-ring (bicyclic) bond motifs is 5. The molecule has 34 heavy (non-hydrogen) atoms. The topological polar surface area (TPSA) is 55.2 Å². The van der Waals surface area contributed by atoms with Gasteiger partial charge in [0.2, 0.25) is 0 Å². The zero-order valence-corrected chi connectivity index (χ0v) is 19.9. The van der Waals surface area contributed by atoms with E-state index in [1.807, 2.05) is 18.2 Å². The van der Waals surface area contributed by atoms with Crippen LogP contribution in [0.5, 0.6) is 0 Å². The van der Waals surface area contributed by atoms with Crippen molar-refractivity contribution in [2.75, 3.05) is 5.32 Å². The van der Waals surface area contributed by atoms with Gasteiger partial charge in [-0.3, -0.25) is 10.1 Å². The fraction of sp³-hybridized carbons (Fsp3) is 0.214. The number of anilines is 1. The molecule has 4 nitrogen and oxygen atoms in total. The normalized spacial score (nSPS) is 25.4. The van der Waals surface area contributed by atoms with Gasteiger partial charge in [0.25, 0.3) is 5.69 Å². The number of nitro groups is 1. The Morgan fingerprint density at radius 2 is 1.65 bits per heavy atom. The lowest BCUT2D eigenvalue weighted by Crippen LogP contribution is -2.31. The molecule has 0 aromatic heterocycles. The highest BCUT2D eigenvalue weighted by atomic mass is 35.5. The summed E-state index contributed by atoms with van der Waals surface area (Å²) < 4.78 is 0. The minimum absolute atomic E-state index is 0.0655. The van der Waals surface area contributed by atoms with Crippen LogP contribution in [0.4, 0.5) is 11.4 Å². The second-order valence-corrected chi connectivity index (χ2v) is 10.8. The number of hydrogen-bond acceptors (Lipinski definition) is 4. The molecule has 0 saturated heterocycles. The minimum atomic E-state index is -0.301. The molecular formula is C28H23ClN2O2S. The van der Waals surface area contributed by atoms with E-state index in [0.717, 1.165) is 12.1 Å². The number of nitrogens with zero attached hydrogens (tertiary/aromatic N) is 1. The molecule has 1 saturated carbocycles. The van der Waals surface area contributed by atoms with Crippen LogP contribution in [0, 0.1) is 16.0 Å². The van der Waals surface area contributed by atoms with E-state index in [2.05, 4.69) is 66.0 Å². The van der Waals surface area contributed by atoms with E-state index in [0.29, 0.717) is 4.90 Å². The van der Waals surface area contributed by atoms with Crippen molar-refractivity contribution in [3.63, 3.8) is 0 Å². The second-order valence-electron chi connectivity index (χ2n) is 9.03. The van der Waals surface area contributed by atoms with Gasteiger partial charge in [-0.05, 0) is 46.4 Å². The van der Waals surface area contributed by atoms with Crippen molar-refractivity contribution in [2.24, 2.45) is 5.92 Å². The summed E-state index contributed by atoms with van der Waals surface area (Å²) >= 11 is 8.85. The number of halogens is 1. The fourth-order valence-corrected chi connectivity index (χ4v) is 7.69. The summed E-state index contributed by atoms with van der Waals surface area (Å²) in [5, 5.41) is 17.8. The third-order valence-electron chi connectivity index (χ3n) is 7.21. The maximum absolute atomic E-state index is 11.6. The van der Waals surface area contributed by atoms with Gasteiger partial charge >= 0.3 is 0 Å². The van der Waals surface area contributed by atoms with Gasteiger partial charge < -0.3 is 5.32 Å². The van der Waals surface area contributed by atoms with Crippen LogP contribution < -0.4 is 5.32 Å². The van der Waals surface area contributed by atoms with Crippen LogP contribution in [-0.2, 0) is 0 Å². The molecule has 0 unspecified atom stereocenters. The van der Waals surface area contributed by atoms with Crippen LogP contribution in [0.2, 0.25) is 0 Å². The average molecular weight is 487 g/mol. The summed E-state index contributed by atoms with van der Waals surface area (Å²) in [5.74, 6) is 0.429. The van der Waals surface area contributed by atoms with Crippen molar-refractivity contribution in [1.29, 1.82) is 0 Å². The predicted molar refractivity (Wildman–Crippen MR) is 140 cm³/mol. The molecule has 0 amide bonds. The number of benzene rings is 4. The number of rotatable bonds is 4. The number of para-hydroxylation sites is 1. The first kappa shape index (κ1) is 21.5. The molecule has 1 fully saturated rings. The molecule has 6 heteroatoms. The van der Waals surface area contributed by atoms with Gasteiger partial charge in [-0.1, -0.05) is 72.8 Å². The van der Waals surface area contributed by atoms with E-state index >= 15 is 0 Å². The maximum Gasteiger partial charge on any atom is 0.282 e. The number of thioether (sulfide) groups is 1. The Labute approximate surface area is 207 Å². The first-order valence-electron chi connectivity index (χ1n) is 11.5. The molecule has 4 aromatic carbocycles. The highest BCUT2D eigenvalue weighted by Gasteiger charge is 2.50. The zero-order valence-electron chi connectivity index (χ0n) is 18.3. The lowest BCUT2D eigenvalue weighted by atomic mass is 9.75. The Morgan fingerprint density at radius 3 is 2.47 bits per heavy atom. The minimum Gasteiger partial charge on any atom is -0.378 e. The van der Waals surface area contributed by atoms with Gasteiger partial charge in [0.05, 0.1) is 21.2 Å². The Morgan fingerprint density at radius 1 is 0.912 bits per heavy atom. The Bertz CT molecular complexity index is 1380. The molecule has 4 aromatic rings. The van der Waals surface area contributed by atoms with E-state index < -0.39 is 0 Å². The van der Waals surface area contributed by atoms with Crippen LogP contribution in [0.3, 0.4) is 0 Å². The lowest BCUT2D eigenvalue weighted by molar-refractivity contribution is -0.387. The molecule has 1 aliphatic heterocycles. The Hall–Kier alpha value is -3.02. The third kappa shape index (κ3) is 3.55. The fourth-order valence-electron chi connectivity index (χ4n) is 5.76. The Kier molecular flexibility index (Phi) is 5.47. The van der Waals surface area contributed by atoms with Gasteiger partial charge in [-0.15, -0.1) is 23.4 Å². The maximum atomic E-state index is 11.6. The van der Waals surface area contributed by atoms with Gasteiger partial charge in [-0.2, -0.15) is 0 Å². The van der Waals surface area contributed by atoms with Crippen LogP contribution in [-0.4, -0.2) is 15.6 Å². The first-order valence-corrected chi connectivity index (χ1v) is 12.8. The molecule has 170 valence electrons. The van der Waals surface area contributed by atoms with Crippen molar-refractivity contribution < 1.29 is 4.92 Å². The lowest BCUT2D eigenvalue weighted by Gasteiger charge is -2.39. The van der Waals surface area contributed by atoms with Crippen LogP contribution >= 0.6 is 23.4 Å². The molecule has 2 aliphatic rings. The van der Waals surface area contributed by atoms with Crippen molar-refractivity contribution in [2.45, 2.75) is 33.9 Å². The Balaban J connectivity index is 1.46. The van der Waals surface area contributed by atoms with Gasteiger partial charge in [0.15, 0.2) is 0 Å². The van der Waals surface area contributed by atoms with Crippen molar-refractivity contribution in [1.82, 2.24) is 0 Å². The highest BCUT2D eigenvalue weighted by molar-refractivity contribution is 8.00. The van der Waals surface area contributed by atoms with Crippen LogP contribution in [0.15, 0.2) is 95.9 Å². The monoisotopic (exact) mass is 486 g/mol. The summed E-state index contributed by atoms with van der Waals surface area (Å²) in [6.07, 6.45) is 0.880. The van der Waals surface area contributed by atoms with E-state index in [-0.39, 0.29) is 39.1 Å². The first-order chi connectivity index (χ1) is 16.6. The molecule has 6 rings (SSSR count). The summed E-state index contributed by atoms with van der Waals surface area (Å²) in [7, 11) is 0. The van der Waals surface area contributed by atoms with E-state index in [1.54, 1.807) is 23.9 Å². The van der Waals surface area contributed by atoms with Crippen molar-refractivity contribution in [3.05, 3.63) is 112 Å². The largest absolute Gasteiger partial charge is 0.378 e. The molecule has 0 bridgehead atoms. The van der Waals surface area contributed by atoms with Crippen molar-refractivity contribution >= 4 is 45.5 Å². The standard InChI is InChI=1S/C28H23ClN2O2S/c29-27-24(34-23-13-7-6-12-22(23)31(32)33)16-20-26(27)25-19-11-5-4-8-17(19)14-15-21(25)30-28(20)18-9-2-1-3-10-18/h1-15,20,24,26-28,30H,16H2/t20-,24-,26+,27+,28+/m0/s1. The van der Waals surface area contributed by atoms with Gasteiger partial charge in [0, 0.05) is 22.9 Å². The van der Waals surface area contributed by atoms with E-state index in [9.17, 15) is 10.1 Å². The molecule has 0 spiro atoms. The SMILES string of the molecule is O=[N+]([O-])c1ccccc1S[C@H]1C[C@H]2[C@H](c3c(ccc4ccccc34)N[C@@H]2c2ccccc2)[C@@H]1Cl. The summed E-state index contributed by atoms with van der Waals surface area (Å²) in [6.45, 7) is 0. The van der Waals surface area contributed by atoms with Gasteiger partial charge in [-0.25, -0.2) is 0 Å². The number of alkyl halides is 1.